The van der Waals surface area contributed by atoms with E-state index in [2.05, 4.69) is 5.32 Å². The lowest BCUT2D eigenvalue weighted by molar-refractivity contribution is -0.684. The maximum Gasteiger partial charge on any atom is 0.295 e. The number of hydrogen-bond acceptors (Lipinski definition) is 2. The molecule has 0 saturated heterocycles. The lowest BCUT2D eigenvalue weighted by Crippen LogP contribution is -2.40. The summed E-state index contributed by atoms with van der Waals surface area (Å²) in [7, 11) is 1.80. The van der Waals surface area contributed by atoms with E-state index in [0.717, 1.165) is 11.3 Å². The zero-order valence-electron chi connectivity index (χ0n) is 14.6. The Bertz CT molecular complexity index is 954. The van der Waals surface area contributed by atoms with Gasteiger partial charge in [0.1, 0.15) is 5.69 Å². The number of benzene rings is 1. The summed E-state index contributed by atoms with van der Waals surface area (Å²) in [4.78, 5) is 25.1. The number of aromatic nitrogens is 3. The zero-order chi connectivity index (χ0) is 18.0. The van der Waals surface area contributed by atoms with Crippen LogP contribution in [-0.2, 0) is 18.4 Å². The lowest BCUT2D eigenvalue weighted by Gasteiger charge is -2.07. The second-order valence-electron chi connectivity index (χ2n) is 6.03. The standard InChI is InChI=1S/C19H20N4O2/c1-14-9-11-22(12-10-14)13-17(24)20-18-15(2)21(3)23(19(18)25)16-7-5-4-6-8-16/h4-12H,13H2,1-3H3/p+1. The van der Waals surface area contributed by atoms with Crippen LogP contribution in [-0.4, -0.2) is 15.3 Å². The molecular weight excluding hydrogens is 316 g/mol. The number of hydrogen-bond donors (Lipinski definition) is 1. The summed E-state index contributed by atoms with van der Waals surface area (Å²) in [5.74, 6) is -0.236. The van der Waals surface area contributed by atoms with Gasteiger partial charge in [-0.2, -0.15) is 4.57 Å². The fourth-order valence-corrected chi connectivity index (χ4v) is 2.69. The predicted octanol–water partition coefficient (Wildman–Crippen LogP) is 1.72. The number of pyridine rings is 1. The van der Waals surface area contributed by atoms with E-state index in [0.29, 0.717) is 11.4 Å². The molecule has 1 aromatic carbocycles. The Morgan fingerprint density at radius 1 is 1.08 bits per heavy atom. The molecule has 128 valence electrons. The summed E-state index contributed by atoms with van der Waals surface area (Å²) in [6.45, 7) is 3.96. The molecule has 2 aromatic heterocycles. The van der Waals surface area contributed by atoms with Gasteiger partial charge in [0.2, 0.25) is 6.54 Å². The molecule has 0 aliphatic carbocycles. The average molecular weight is 337 g/mol. The van der Waals surface area contributed by atoms with Gasteiger partial charge in [0.25, 0.3) is 11.5 Å². The summed E-state index contributed by atoms with van der Waals surface area (Å²) in [5.41, 5.74) is 2.65. The van der Waals surface area contributed by atoms with Crippen molar-refractivity contribution in [2.24, 2.45) is 7.05 Å². The first kappa shape index (κ1) is 16.7. The number of anilines is 1. The number of rotatable bonds is 4. The van der Waals surface area contributed by atoms with Crippen molar-refractivity contribution in [2.45, 2.75) is 20.4 Å². The van der Waals surface area contributed by atoms with E-state index in [4.69, 9.17) is 0 Å². The summed E-state index contributed by atoms with van der Waals surface area (Å²) >= 11 is 0. The van der Waals surface area contributed by atoms with Crippen molar-refractivity contribution in [1.82, 2.24) is 9.36 Å². The van der Waals surface area contributed by atoms with Crippen LogP contribution < -0.4 is 15.4 Å². The molecule has 1 amide bonds. The summed E-state index contributed by atoms with van der Waals surface area (Å²) in [6.07, 6.45) is 3.68. The van der Waals surface area contributed by atoms with Crippen LogP contribution in [0.15, 0.2) is 59.7 Å². The first-order valence-corrected chi connectivity index (χ1v) is 8.07. The van der Waals surface area contributed by atoms with Gasteiger partial charge in [-0.25, -0.2) is 4.68 Å². The second-order valence-corrected chi connectivity index (χ2v) is 6.03. The van der Waals surface area contributed by atoms with Gasteiger partial charge in [0.15, 0.2) is 12.4 Å². The molecule has 3 aromatic rings. The van der Waals surface area contributed by atoms with Crippen LogP contribution >= 0.6 is 0 Å². The van der Waals surface area contributed by atoms with Crippen LogP contribution in [0.2, 0.25) is 0 Å². The first-order valence-electron chi connectivity index (χ1n) is 8.07. The van der Waals surface area contributed by atoms with Crippen molar-refractivity contribution in [2.75, 3.05) is 5.32 Å². The highest BCUT2D eigenvalue weighted by Gasteiger charge is 2.19. The van der Waals surface area contributed by atoms with E-state index >= 15 is 0 Å². The minimum Gasteiger partial charge on any atom is -0.314 e. The second kappa shape index (κ2) is 6.76. The maximum absolute atomic E-state index is 12.8. The van der Waals surface area contributed by atoms with Crippen molar-refractivity contribution >= 4 is 11.6 Å². The number of aryl methyl sites for hydroxylation is 1. The van der Waals surface area contributed by atoms with Crippen molar-refractivity contribution in [3.8, 4) is 5.69 Å². The highest BCUT2D eigenvalue weighted by Crippen LogP contribution is 2.13. The third-order valence-corrected chi connectivity index (χ3v) is 4.20. The molecule has 2 heterocycles. The van der Waals surface area contributed by atoms with Gasteiger partial charge in [-0.1, -0.05) is 18.2 Å². The summed E-state index contributed by atoms with van der Waals surface area (Å²) in [5, 5.41) is 2.76. The Balaban J connectivity index is 1.87. The number of para-hydroxylation sites is 1. The molecule has 0 saturated carbocycles. The fourth-order valence-electron chi connectivity index (χ4n) is 2.69. The van der Waals surface area contributed by atoms with E-state index in [-0.39, 0.29) is 18.0 Å². The summed E-state index contributed by atoms with van der Waals surface area (Å²) in [6, 6.07) is 13.2. The van der Waals surface area contributed by atoms with E-state index in [1.54, 1.807) is 21.0 Å². The number of carbonyl (C=O) groups excluding carboxylic acids is 1. The van der Waals surface area contributed by atoms with Crippen molar-refractivity contribution in [3.63, 3.8) is 0 Å². The Morgan fingerprint density at radius 2 is 1.72 bits per heavy atom. The number of nitrogens with zero attached hydrogens (tertiary/aromatic N) is 3. The van der Waals surface area contributed by atoms with Crippen LogP contribution in [0.1, 0.15) is 11.3 Å². The van der Waals surface area contributed by atoms with Crippen molar-refractivity contribution in [3.05, 3.63) is 76.5 Å². The highest BCUT2D eigenvalue weighted by atomic mass is 16.2. The molecule has 0 radical (unpaired) electrons. The van der Waals surface area contributed by atoms with E-state index in [9.17, 15) is 9.59 Å². The van der Waals surface area contributed by atoms with Gasteiger partial charge in [0, 0.05) is 19.2 Å². The molecule has 0 aliphatic rings. The molecule has 0 atom stereocenters. The molecule has 1 N–H and O–H groups in total. The van der Waals surface area contributed by atoms with E-state index < -0.39 is 0 Å². The van der Waals surface area contributed by atoms with Gasteiger partial charge in [0.05, 0.1) is 11.4 Å². The molecule has 0 spiro atoms. The Kier molecular flexibility index (Phi) is 4.52. The fraction of sp³-hybridized carbons (Fsp3) is 0.211. The molecule has 0 unspecified atom stereocenters. The molecule has 0 bridgehead atoms. The smallest absolute Gasteiger partial charge is 0.295 e. The summed E-state index contributed by atoms with van der Waals surface area (Å²) < 4.78 is 5.06. The number of carbonyl (C=O) groups is 1. The number of nitrogens with one attached hydrogen (secondary N) is 1. The Morgan fingerprint density at radius 3 is 2.36 bits per heavy atom. The normalized spacial score (nSPS) is 10.7. The largest absolute Gasteiger partial charge is 0.314 e. The van der Waals surface area contributed by atoms with Gasteiger partial charge >= 0.3 is 0 Å². The zero-order valence-corrected chi connectivity index (χ0v) is 14.6. The topological polar surface area (TPSA) is 59.9 Å². The molecule has 6 heteroatoms. The van der Waals surface area contributed by atoms with Gasteiger partial charge < -0.3 is 5.32 Å². The third kappa shape index (κ3) is 3.38. The third-order valence-electron chi connectivity index (χ3n) is 4.20. The van der Waals surface area contributed by atoms with Crippen LogP contribution in [0.25, 0.3) is 5.69 Å². The predicted molar refractivity (Wildman–Crippen MR) is 95.8 cm³/mol. The van der Waals surface area contributed by atoms with Gasteiger partial charge in [-0.15, -0.1) is 0 Å². The molecule has 25 heavy (non-hydrogen) atoms. The molecule has 6 nitrogen and oxygen atoms in total. The van der Waals surface area contributed by atoms with E-state index in [1.165, 1.54) is 0 Å². The maximum atomic E-state index is 12.8. The van der Waals surface area contributed by atoms with Crippen LogP contribution in [0.5, 0.6) is 0 Å². The van der Waals surface area contributed by atoms with Crippen LogP contribution in [0.3, 0.4) is 0 Å². The molecule has 0 aliphatic heterocycles. The number of amides is 1. The van der Waals surface area contributed by atoms with Gasteiger partial charge in [-0.3, -0.25) is 14.3 Å². The van der Waals surface area contributed by atoms with E-state index in [1.807, 2.05) is 68.7 Å². The average Bonchev–Trinajstić information content (AvgIpc) is 2.81. The van der Waals surface area contributed by atoms with Crippen molar-refractivity contribution in [1.29, 1.82) is 0 Å². The quantitative estimate of drug-likeness (QED) is 0.737. The Hall–Kier alpha value is -3.15. The molecule has 0 fully saturated rings. The lowest BCUT2D eigenvalue weighted by atomic mass is 10.3. The molecular formula is C19H21N4O2+. The minimum absolute atomic E-state index is 0.152. The minimum atomic E-state index is -0.242. The highest BCUT2D eigenvalue weighted by molar-refractivity contribution is 5.90. The Labute approximate surface area is 145 Å². The first-order chi connectivity index (χ1) is 12.0. The van der Waals surface area contributed by atoms with Crippen LogP contribution in [0, 0.1) is 13.8 Å². The monoisotopic (exact) mass is 337 g/mol. The van der Waals surface area contributed by atoms with Crippen molar-refractivity contribution < 1.29 is 9.36 Å². The van der Waals surface area contributed by atoms with Gasteiger partial charge in [-0.05, 0) is 31.5 Å². The van der Waals surface area contributed by atoms with Crippen LogP contribution in [0.4, 0.5) is 5.69 Å². The SMILES string of the molecule is Cc1cc[n+](CC(=O)Nc2c(C)n(C)n(-c3ccccc3)c2=O)cc1. The molecule has 3 rings (SSSR count).